The summed E-state index contributed by atoms with van der Waals surface area (Å²) in [6.07, 6.45) is 0. The largest absolute Gasteiger partial charge is 0.456 e. The smallest absolute Gasteiger partial charge is 0.135 e. The van der Waals surface area contributed by atoms with Crippen molar-refractivity contribution in [1.82, 2.24) is 0 Å². The first-order chi connectivity index (χ1) is 26.3. The molecular weight excluding hydrogens is 641 g/mol. The Bertz CT molecular complexity index is 3180. The van der Waals surface area contributed by atoms with Gasteiger partial charge in [0.1, 0.15) is 11.2 Å². The summed E-state index contributed by atoms with van der Waals surface area (Å²) >= 11 is 0. The fraction of sp³-hybridized carbons (Fsp3) is 0. The molecule has 0 radical (unpaired) electrons. The van der Waals surface area contributed by atoms with Crippen LogP contribution in [-0.4, -0.2) is 0 Å². The van der Waals surface area contributed by atoms with E-state index in [2.05, 4.69) is 182 Å². The third-order valence-electron chi connectivity index (χ3n) is 11.0. The number of fused-ring (bicyclic) bond motifs is 8. The lowest BCUT2D eigenvalue weighted by Gasteiger charge is -2.19. The average molecular weight is 673 g/mol. The highest BCUT2D eigenvalue weighted by Gasteiger charge is 2.18. The van der Waals surface area contributed by atoms with Gasteiger partial charge in [0, 0.05) is 10.8 Å². The van der Waals surface area contributed by atoms with Crippen molar-refractivity contribution in [2.24, 2.45) is 0 Å². The first-order valence-electron chi connectivity index (χ1n) is 18.3. The molecule has 0 fully saturated rings. The van der Waals surface area contributed by atoms with Crippen LogP contribution in [0.2, 0.25) is 0 Å². The predicted octanol–water partition coefficient (Wildman–Crippen LogP) is 14.9. The molecular formula is C52H32O. The van der Waals surface area contributed by atoms with Gasteiger partial charge in [-0.05, 0) is 118 Å². The van der Waals surface area contributed by atoms with Gasteiger partial charge in [-0.3, -0.25) is 0 Å². The number of furan rings is 1. The Labute approximate surface area is 307 Å². The number of para-hydroxylation sites is 1. The summed E-state index contributed by atoms with van der Waals surface area (Å²) in [5.74, 6) is 0. The van der Waals surface area contributed by atoms with E-state index in [1.807, 2.05) is 12.1 Å². The van der Waals surface area contributed by atoms with Crippen molar-refractivity contribution < 1.29 is 4.42 Å². The summed E-state index contributed by atoms with van der Waals surface area (Å²) in [5.41, 5.74) is 11.6. The van der Waals surface area contributed by atoms with E-state index in [0.717, 1.165) is 21.9 Å². The molecule has 0 spiro atoms. The van der Waals surface area contributed by atoms with Gasteiger partial charge in [-0.2, -0.15) is 0 Å². The highest BCUT2D eigenvalue weighted by Crippen LogP contribution is 2.45. The van der Waals surface area contributed by atoms with Crippen LogP contribution in [0.5, 0.6) is 0 Å². The van der Waals surface area contributed by atoms with E-state index in [0.29, 0.717) is 0 Å². The zero-order valence-corrected chi connectivity index (χ0v) is 28.9. The monoisotopic (exact) mass is 672 g/mol. The summed E-state index contributed by atoms with van der Waals surface area (Å²) < 4.78 is 6.15. The van der Waals surface area contributed by atoms with E-state index in [1.165, 1.54) is 87.6 Å². The highest BCUT2D eigenvalue weighted by atomic mass is 16.3. The Balaban J connectivity index is 1.11. The van der Waals surface area contributed by atoms with Crippen molar-refractivity contribution in [2.75, 3.05) is 0 Å². The Morgan fingerprint density at radius 2 is 0.755 bits per heavy atom. The van der Waals surface area contributed by atoms with Crippen LogP contribution in [0.15, 0.2) is 199 Å². The van der Waals surface area contributed by atoms with Crippen molar-refractivity contribution in [1.29, 1.82) is 0 Å². The van der Waals surface area contributed by atoms with Crippen LogP contribution in [-0.2, 0) is 0 Å². The van der Waals surface area contributed by atoms with Crippen LogP contribution >= 0.6 is 0 Å². The van der Waals surface area contributed by atoms with Crippen LogP contribution in [0, 0.1) is 0 Å². The zero-order valence-electron chi connectivity index (χ0n) is 28.9. The molecule has 0 bridgehead atoms. The minimum absolute atomic E-state index is 0.913. The van der Waals surface area contributed by atoms with Gasteiger partial charge in [0.15, 0.2) is 0 Å². The lowest BCUT2D eigenvalue weighted by Crippen LogP contribution is -1.92. The molecule has 0 aliphatic heterocycles. The van der Waals surface area contributed by atoms with Crippen molar-refractivity contribution in [3.05, 3.63) is 194 Å². The van der Waals surface area contributed by atoms with Gasteiger partial charge in [0.05, 0.1) is 0 Å². The second-order valence-corrected chi connectivity index (χ2v) is 14.0. The van der Waals surface area contributed by atoms with E-state index in [4.69, 9.17) is 4.42 Å². The number of hydrogen-bond donors (Lipinski definition) is 0. The molecule has 11 rings (SSSR count). The summed E-state index contributed by atoms with van der Waals surface area (Å²) in [6, 6.07) is 70.7. The molecule has 1 aromatic heterocycles. The van der Waals surface area contributed by atoms with Gasteiger partial charge < -0.3 is 4.42 Å². The minimum atomic E-state index is 0.913. The normalized spacial score (nSPS) is 11.8. The maximum Gasteiger partial charge on any atom is 0.135 e. The standard InChI is InChI=1S/C52H32O/c1-2-18-40-33(12-1)26-27-34-13-11-24-41(50(34)40)37-15-10-17-39(31-37)52-45-22-5-3-20-43(45)51(44-21-4-6-23-46(44)52)38-16-9-14-35(30-38)36-28-29-49-47(32-36)42-19-7-8-25-48(42)53-49/h1-32H. The van der Waals surface area contributed by atoms with E-state index in [-0.39, 0.29) is 0 Å². The summed E-state index contributed by atoms with van der Waals surface area (Å²) in [7, 11) is 0. The molecule has 0 aliphatic carbocycles. The second-order valence-electron chi connectivity index (χ2n) is 14.0. The van der Waals surface area contributed by atoms with Gasteiger partial charge in [0.2, 0.25) is 0 Å². The Hall–Kier alpha value is -6.96. The quantitative estimate of drug-likeness (QED) is 0.134. The molecule has 0 aliphatic rings. The van der Waals surface area contributed by atoms with Gasteiger partial charge in [-0.15, -0.1) is 0 Å². The van der Waals surface area contributed by atoms with Crippen LogP contribution < -0.4 is 0 Å². The lowest BCUT2D eigenvalue weighted by atomic mass is 9.84. The van der Waals surface area contributed by atoms with E-state index in [9.17, 15) is 0 Å². The highest BCUT2D eigenvalue weighted by molar-refractivity contribution is 6.22. The molecule has 1 heterocycles. The molecule has 53 heavy (non-hydrogen) atoms. The first kappa shape index (κ1) is 29.7. The van der Waals surface area contributed by atoms with Crippen molar-refractivity contribution in [3.8, 4) is 44.5 Å². The SMILES string of the molecule is c1cc(-c2ccc3oc4ccccc4c3c2)cc(-c2c3ccccc3c(-c3cccc(-c4cccc5ccc6ccccc6c45)c3)c3ccccc23)c1. The predicted molar refractivity (Wildman–Crippen MR) is 225 cm³/mol. The topological polar surface area (TPSA) is 13.1 Å². The molecule has 0 saturated heterocycles. The molecule has 0 unspecified atom stereocenters. The molecule has 10 aromatic carbocycles. The summed E-state index contributed by atoms with van der Waals surface area (Å²) in [4.78, 5) is 0. The molecule has 0 atom stereocenters. The van der Waals surface area contributed by atoms with Gasteiger partial charge >= 0.3 is 0 Å². The second kappa shape index (κ2) is 11.8. The van der Waals surface area contributed by atoms with Crippen molar-refractivity contribution in [3.63, 3.8) is 0 Å². The molecule has 0 saturated carbocycles. The molecule has 1 heteroatoms. The molecule has 246 valence electrons. The molecule has 1 nitrogen and oxygen atoms in total. The Morgan fingerprint density at radius 1 is 0.264 bits per heavy atom. The molecule has 11 aromatic rings. The fourth-order valence-corrected chi connectivity index (χ4v) is 8.65. The van der Waals surface area contributed by atoms with E-state index >= 15 is 0 Å². The third kappa shape index (κ3) is 4.71. The summed E-state index contributed by atoms with van der Waals surface area (Å²) in [6.45, 7) is 0. The lowest BCUT2D eigenvalue weighted by molar-refractivity contribution is 0.669. The van der Waals surface area contributed by atoms with E-state index < -0.39 is 0 Å². The van der Waals surface area contributed by atoms with Crippen molar-refractivity contribution >= 4 is 65.0 Å². The molecule has 0 amide bonds. The van der Waals surface area contributed by atoms with Gasteiger partial charge in [-0.1, -0.05) is 164 Å². The summed E-state index contributed by atoms with van der Waals surface area (Å²) in [5, 5.41) is 12.4. The maximum atomic E-state index is 6.15. The van der Waals surface area contributed by atoms with Crippen LogP contribution in [0.25, 0.3) is 110 Å². The molecule has 0 N–H and O–H groups in total. The maximum absolute atomic E-state index is 6.15. The Kier molecular flexibility index (Phi) is 6.62. The minimum Gasteiger partial charge on any atom is -0.456 e. The third-order valence-corrected chi connectivity index (χ3v) is 11.0. The van der Waals surface area contributed by atoms with Crippen LogP contribution in [0.4, 0.5) is 0 Å². The van der Waals surface area contributed by atoms with Crippen molar-refractivity contribution in [2.45, 2.75) is 0 Å². The Morgan fingerprint density at radius 3 is 1.47 bits per heavy atom. The zero-order chi connectivity index (χ0) is 34.9. The average Bonchev–Trinajstić information content (AvgIpc) is 3.60. The van der Waals surface area contributed by atoms with Gasteiger partial charge in [0.25, 0.3) is 0 Å². The first-order valence-corrected chi connectivity index (χ1v) is 18.3. The van der Waals surface area contributed by atoms with Crippen LogP contribution in [0.1, 0.15) is 0 Å². The number of rotatable bonds is 4. The van der Waals surface area contributed by atoms with E-state index in [1.54, 1.807) is 0 Å². The van der Waals surface area contributed by atoms with Crippen LogP contribution in [0.3, 0.4) is 0 Å². The van der Waals surface area contributed by atoms with Gasteiger partial charge in [-0.25, -0.2) is 0 Å². The fourth-order valence-electron chi connectivity index (χ4n) is 8.65. The number of hydrogen-bond acceptors (Lipinski definition) is 1. The number of benzene rings is 10.